The van der Waals surface area contributed by atoms with Gasteiger partial charge in [-0.1, -0.05) is 5.16 Å². The van der Waals surface area contributed by atoms with Gasteiger partial charge in [0.05, 0.1) is 30.5 Å². The van der Waals surface area contributed by atoms with Crippen LogP contribution in [0.25, 0.3) is 11.4 Å². The highest BCUT2D eigenvalue weighted by molar-refractivity contribution is 5.91. The summed E-state index contributed by atoms with van der Waals surface area (Å²) in [5.74, 6) is 0.826. The van der Waals surface area contributed by atoms with E-state index >= 15 is 0 Å². The number of carbonyl (C=O) groups excluding carboxylic acids is 1. The van der Waals surface area contributed by atoms with Crippen molar-refractivity contribution in [2.24, 2.45) is 0 Å². The minimum atomic E-state index is -0.429. The van der Waals surface area contributed by atoms with Crippen molar-refractivity contribution in [1.29, 1.82) is 0 Å². The topological polar surface area (TPSA) is 114 Å². The highest BCUT2D eigenvalue weighted by Gasteiger charge is 2.37. The molecule has 1 amide bonds. The summed E-state index contributed by atoms with van der Waals surface area (Å²) in [7, 11) is 0. The first-order valence-electron chi connectivity index (χ1n) is 8.39. The number of pyridine rings is 1. The van der Waals surface area contributed by atoms with Gasteiger partial charge in [-0.05, 0) is 24.3 Å². The lowest BCUT2D eigenvalue weighted by atomic mass is 10.0. The fourth-order valence-electron chi connectivity index (χ4n) is 3.20. The van der Waals surface area contributed by atoms with E-state index in [4.69, 9.17) is 8.94 Å². The van der Waals surface area contributed by atoms with Gasteiger partial charge in [-0.3, -0.25) is 9.78 Å². The zero-order valence-electron chi connectivity index (χ0n) is 14.1. The van der Waals surface area contributed by atoms with Crippen molar-refractivity contribution in [2.45, 2.75) is 19.0 Å². The second-order valence-electron chi connectivity index (χ2n) is 6.15. The number of H-pyrrole nitrogens is 1. The first-order valence-corrected chi connectivity index (χ1v) is 8.39. The average Bonchev–Trinajstić information content (AvgIpc) is 3.48. The van der Waals surface area contributed by atoms with E-state index in [0.717, 1.165) is 17.0 Å². The molecule has 1 aliphatic heterocycles. The number of nitrogens with zero attached hydrogens (tertiary/aromatic N) is 5. The van der Waals surface area contributed by atoms with Crippen molar-refractivity contribution in [3.63, 3.8) is 0 Å². The van der Waals surface area contributed by atoms with Crippen LogP contribution >= 0.6 is 0 Å². The number of nitrogens with one attached hydrogen (secondary N) is 1. The molecule has 5 rings (SSSR count). The Kier molecular flexibility index (Phi) is 3.56. The van der Waals surface area contributed by atoms with Crippen LogP contribution in [0, 0.1) is 0 Å². The molecule has 0 aliphatic carbocycles. The molecule has 0 fully saturated rings. The SMILES string of the molecule is O=C(c1ccco1)N1Cc2[nH]cnc2C[C@H]1c1nc(-c2ccncc2)no1. The maximum absolute atomic E-state index is 13.0. The van der Waals surface area contributed by atoms with Gasteiger partial charge in [0, 0.05) is 24.4 Å². The van der Waals surface area contributed by atoms with E-state index in [-0.39, 0.29) is 11.7 Å². The molecule has 9 heteroatoms. The van der Waals surface area contributed by atoms with Crippen molar-refractivity contribution in [1.82, 2.24) is 30.0 Å². The fraction of sp³-hybridized carbons (Fsp3) is 0.167. The van der Waals surface area contributed by atoms with Gasteiger partial charge in [0.2, 0.25) is 11.7 Å². The molecule has 9 nitrogen and oxygen atoms in total. The van der Waals surface area contributed by atoms with E-state index in [0.29, 0.717) is 24.7 Å². The number of carbonyl (C=O) groups is 1. The zero-order chi connectivity index (χ0) is 18.2. The van der Waals surface area contributed by atoms with Crippen molar-refractivity contribution in [2.75, 3.05) is 0 Å². The van der Waals surface area contributed by atoms with Gasteiger partial charge in [0.25, 0.3) is 5.91 Å². The molecule has 0 unspecified atom stereocenters. The molecule has 0 bridgehead atoms. The Labute approximate surface area is 153 Å². The summed E-state index contributed by atoms with van der Waals surface area (Å²) in [5, 5.41) is 4.06. The average molecular weight is 362 g/mol. The summed E-state index contributed by atoms with van der Waals surface area (Å²) in [5.41, 5.74) is 2.56. The molecule has 0 saturated heterocycles. The molecule has 1 N–H and O–H groups in total. The Morgan fingerprint density at radius 3 is 2.96 bits per heavy atom. The Balaban J connectivity index is 1.52. The van der Waals surface area contributed by atoms with Crippen LogP contribution in [-0.4, -0.2) is 35.9 Å². The second-order valence-corrected chi connectivity index (χ2v) is 6.15. The van der Waals surface area contributed by atoms with Crippen LogP contribution in [0.1, 0.15) is 33.9 Å². The zero-order valence-corrected chi connectivity index (χ0v) is 14.1. The predicted molar refractivity (Wildman–Crippen MR) is 91.1 cm³/mol. The Morgan fingerprint density at radius 2 is 2.15 bits per heavy atom. The van der Waals surface area contributed by atoms with Gasteiger partial charge < -0.3 is 18.8 Å². The lowest BCUT2D eigenvalue weighted by Crippen LogP contribution is -2.39. The van der Waals surface area contributed by atoms with E-state index in [9.17, 15) is 4.79 Å². The molecule has 0 spiro atoms. The standard InChI is InChI=1S/C18H14N6O3/c25-18(15-2-1-7-26-15)24-9-13-12(20-10-21-13)8-14(24)17-22-16(23-27-17)11-3-5-19-6-4-11/h1-7,10,14H,8-9H2,(H,20,21)/t14-/m0/s1. The predicted octanol–water partition coefficient (Wildman–Crippen LogP) is 2.39. The number of furan rings is 1. The van der Waals surface area contributed by atoms with Crippen LogP contribution in [0.15, 0.2) is 58.2 Å². The Hall–Kier alpha value is -3.75. The number of hydrogen-bond donors (Lipinski definition) is 1. The van der Waals surface area contributed by atoms with E-state index < -0.39 is 6.04 Å². The number of aromatic amines is 1. The molecule has 1 aliphatic rings. The summed E-state index contributed by atoms with van der Waals surface area (Å²) in [6.45, 7) is 0.354. The van der Waals surface area contributed by atoms with Crippen LogP contribution in [0.2, 0.25) is 0 Å². The van der Waals surface area contributed by atoms with E-state index in [1.165, 1.54) is 6.26 Å². The summed E-state index contributed by atoms with van der Waals surface area (Å²) in [4.78, 5) is 30.5. The van der Waals surface area contributed by atoms with Gasteiger partial charge in [-0.25, -0.2) is 4.98 Å². The Bertz CT molecular complexity index is 1070. The third kappa shape index (κ3) is 2.69. The molecule has 0 saturated carbocycles. The molecule has 4 aromatic rings. The number of fused-ring (bicyclic) bond motifs is 1. The number of hydrogen-bond acceptors (Lipinski definition) is 7. The highest BCUT2D eigenvalue weighted by Crippen LogP contribution is 2.33. The first-order chi connectivity index (χ1) is 13.3. The molecule has 5 heterocycles. The molecular weight excluding hydrogens is 348 g/mol. The van der Waals surface area contributed by atoms with Crippen molar-refractivity contribution in [3.8, 4) is 11.4 Å². The maximum Gasteiger partial charge on any atom is 0.290 e. The quantitative estimate of drug-likeness (QED) is 0.595. The summed E-state index contributed by atoms with van der Waals surface area (Å²) in [6.07, 6.45) is 6.90. The third-order valence-electron chi connectivity index (χ3n) is 4.56. The normalized spacial score (nSPS) is 16.3. The van der Waals surface area contributed by atoms with Crippen molar-refractivity contribution < 1.29 is 13.7 Å². The molecule has 134 valence electrons. The summed E-state index contributed by atoms with van der Waals surface area (Å²) < 4.78 is 10.8. The van der Waals surface area contributed by atoms with Crippen LogP contribution in [0.3, 0.4) is 0 Å². The van der Waals surface area contributed by atoms with Crippen molar-refractivity contribution in [3.05, 3.63) is 72.3 Å². The van der Waals surface area contributed by atoms with Gasteiger partial charge in [-0.15, -0.1) is 0 Å². The van der Waals surface area contributed by atoms with Gasteiger partial charge in [0.1, 0.15) is 6.04 Å². The molecule has 0 aromatic carbocycles. The van der Waals surface area contributed by atoms with Gasteiger partial charge >= 0.3 is 0 Å². The van der Waals surface area contributed by atoms with Crippen LogP contribution < -0.4 is 0 Å². The highest BCUT2D eigenvalue weighted by atomic mass is 16.5. The lowest BCUT2D eigenvalue weighted by molar-refractivity contribution is 0.0557. The van der Waals surface area contributed by atoms with Crippen LogP contribution in [0.4, 0.5) is 0 Å². The van der Waals surface area contributed by atoms with E-state index in [2.05, 4.69) is 25.1 Å². The maximum atomic E-state index is 13.0. The summed E-state index contributed by atoms with van der Waals surface area (Å²) in [6, 6.07) is 6.49. The minimum absolute atomic E-state index is 0.242. The first kappa shape index (κ1) is 15.5. The van der Waals surface area contributed by atoms with E-state index in [1.54, 1.807) is 47.9 Å². The fourth-order valence-corrected chi connectivity index (χ4v) is 3.20. The third-order valence-corrected chi connectivity index (χ3v) is 4.56. The lowest BCUT2D eigenvalue weighted by Gasteiger charge is -2.32. The van der Waals surface area contributed by atoms with Crippen LogP contribution in [0.5, 0.6) is 0 Å². The second kappa shape index (κ2) is 6.20. The molecule has 0 radical (unpaired) electrons. The number of aromatic nitrogens is 5. The summed E-state index contributed by atoms with van der Waals surface area (Å²) >= 11 is 0. The molecular formula is C18H14N6O3. The van der Waals surface area contributed by atoms with E-state index in [1.807, 2.05) is 0 Å². The number of imidazole rings is 1. The smallest absolute Gasteiger partial charge is 0.290 e. The number of rotatable bonds is 3. The van der Waals surface area contributed by atoms with Gasteiger partial charge in [0.15, 0.2) is 5.76 Å². The molecule has 4 aromatic heterocycles. The molecule has 27 heavy (non-hydrogen) atoms. The minimum Gasteiger partial charge on any atom is -0.459 e. The van der Waals surface area contributed by atoms with Gasteiger partial charge in [-0.2, -0.15) is 4.98 Å². The number of amides is 1. The van der Waals surface area contributed by atoms with Crippen LogP contribution in [-0.2, 0) is 13.0 Å². The molecule has 1 atom stereocenters. The monoisotopic (exact) mass is 362 g/mol. The largest absolute Gasteiger partial charge is 0.459 e. The van der Waals surface area contributed by atoms with Crippen molar-refractivity contribution >= 4 is 5.91 Å². The Morgan fingerprint density at radius 1 is 1.26 bits per heavy atom.